The third-order valence-corrected chi connectivity index (χ3v) is 3.67. The Bertz CT molecular complexity index is 879. The lowest BCUT2D eigenvalue weighted by molar-refractivity contribution is -0.143. The van der Waals surface area contributed by atoms with E-state index in [1.807, 2.05) is 6.07 Å². The first kappa shape index (κ1) is 22.2. The van der Waals surface area contributed by atoms with Crippen LogP contribution in [-0.4, -0.2) is 55.0 Å². The Labute approximate surface area is 169 Å². The van der Waals surface area contributed by atoms with Crippen molar-refractivity contribution in [2.75, 3.05) is 0 Å². The van der Waals surface area contributed by atoms with Gasteiger partial charge < -0.3 is 19.1 Å². The number of ether oxygens (including phenoxy) is 2. The van der Waals surface area contributed by atoms with Crippen molar-refractivity contribution in [1.29, 1.82) is 0 Å². The number of amides is 2. The molecule has 2 heterocycles. The van der Waals surface area contributed by atoms with Crippen LogP contribution in [0.25, 0.3) is 11.0 Å². The van der Waals surface area contributed by atoms with Gasteiger partial charge in [0.15, 0.2) is 6.04 Å². The van der Waals surface area contributed by atoms with Crippen molar-refractivity contribution in [1.82, 2.24) is 14.5 Å². The molecule has 9 nitrogen and oxygen atoms in total. The van der Waals surface area contributed by atoms with E-state index in [9.17, 15) is 19.5 Å². The molecule has 2 aromatic rings. The number of imide groups is 1. The highest BCUT2D eigenvalue weighted by atomic mass is 16.6. The largest absolute Gasteiger partial charge is 0.480 e. The maximum absolute atomic E-state index is 12.7. The van der Waals surface area contributed by atoms with E-state index < -0.39 is 35.4 Å². The molecule has 9 heteroatoms. The van der Waals surface area contributed by atoms with Crippen molar-refractivity contribution >= 4 is 29.2 Å². The van der Waals surface area contributed by atoms with Crippen molar-refractivity contribution in [3.05, 3.63) is 30.6 Å². The third kappa shape index (κ3) is 5.94. The molecule has 29 heavy (non-hydrogen) atoms. The number of fused-ring (bicyclic) bond motifs is 1. The summed E-state index contributed by atoms with van der Waals surface area (Å²) < 4.78 is 12.1. The number of nitrogens with zero attached hydrogens (tertiary/aromatic N) is 3. The van der Waals surface area contributed by atoms with Crippen LogP contribution in [0, 0.1) is 0 Å². The standard InChI is InChI=1S/C20H27N3O6/c1-19(2,3)28-17(26)23(18(27)29-20(4,5)6)14(16(24)25)12-22-11-9-13-8-7-10-21-15(13)22/h7-11,14H,12H2,1-6H3,(H,24,25)/t14-/m0/s1. The van der Waals surface area contributed by atoms with Gasteiger partial charge in [-0.05, 0) is 59.7 Å². The lowest BCUT2D eigenvalue weighted by Gasteiger charge is -2.31. The molecule has 0 bridgehead atoms. The number of pyridine rings is 1. The summed E-state index contributed by atoms with van der Waals surface area (Å²) >= 11 is 0. The summed E-state index contributed by atoms with van der Waals surface area (Å²) in [5.74, 6) is -1.38. The summed E-state index contributed by atoms with van der Waals surface area (Å²) in [6.07, 6.45) is 1.04. The van der Waals surface area contributed by atoms with Crippen molar-refractivity contribution in [3.63, 3.8) is 0 Å². The molecule has 1 atom stereocenters. The first-order valence-electron chi connectivity index (χ1n) is 9.16. The minimum atomic E-state index is -1.56. The fourth-order valence-corrected chi connectivity index (χ4v) is 2.58. The fourth-order valence-electron chi connectivity index (χ4n) is 2.58. The predicted octanol–water partition coefficient (Wildman–Crippen LogP) is 3.66. The van der Waals surface area contributed by atoms with Gasteiger partial charge in [0.05, 0.1) is 6.54 Å². The van der Waals surface area contributed by atoms with Gasteiger partial charge in [-0.3, -0.25) is 0 Å². The number of aromatic nitrogens is 2. The molecule has 0 saturated heterocycles. The number of rotatable bonds is 4. The Balaban J connectivity index is 2.43. The molecule has 0 aromatic carbocycles. The molecule has 1 N–H and O–H groups in total. The molecule has 0 aliphatic rings. The Hall–Kier alpha value is -3.10. The summed E-state index contributed by atoms with van der Waals surface area (Å²) in [5, 5.41) is 10.6. The Morgan fingerprint density at radius 3 is 2.10 bits per heavy atom. The highest BCUT2D eigenvalue weighted by Crippen LogP contribution is 2.20. The zero-order chi connectivity index (χ0) is 22.0. The van der Waals surface area contributed by atoms with Crippen LogP contribution in [0.2, 0.25) is 0 Å². The second-order valence-electron chi connectivity index (χ2n) is 8.57. The van der Waals surface area contributed by atoms with Crippen molar-refractivity contribution in [2.45, 2.75) is 65.3 Å². The van der Waals surface area contributed by atoms with Crippen LogP contribution in [0.15, 0.2) is 30.6 Å². The molecule has 0 radical (unpaired) electrons. The normalized spacial score (nSPS) is 13.0. The van der Waals surface area contributed by atoms with Crippen molar-refractivity contribution < 1.29 is 29.0 Å². The molecule has 0 saturated carbocycles. The highest BCUT2D eigenvalue weighted by Gasteiger charge is 2.40. The topological polar surface area (TPSA) is 111 Å². The minimum absolute atomic E-state index is 0.214. The number of carboxylic acid groups (broad SMARTS) is 1. The number of hydrogen-bond acceptors (Lipinski definition) is 6. The second-order valence-corrected chi connectivity index (χ2v) is 8.57. The van der Waals surface area contributed by atoms with Gasteiger partial charge in [-0.15, -0.1) is 0 Å². The van der Waals surface area contributed by atoms with E-state index in [4.69, 9.17) is 9.47 Å². The van der Waals surface area contributed by atoms with Gasteiger partial charge in [-0.25, -0.2) is 19.4 Å². The summed E-state index contributed by atoms with van der Waals surface area (Å²) in [7, 11) is 0. The molecule has 2 aromatic heterocycles. The van der Waals surface area contributed by atoms with Crippen LogP contribution in [0.3, 0.4) is 0 Å². The van der Waals surface area contributed by atoms with E-state index >= 15 is 0 Å². The lowest BCUT2D eigenvalue weighted by Crippen LogP contribution is -2.53. The van der Waals surface area contributed by atoms with E-state index in [1.165, 1.54) is 0 Å². The first-order chi connectivity index (χ1) is 13.3. The Kier molecular flexibility index (Phi) is 6.20. The smallest absolute Gasteiger partial charge is 0.420 e. The molecule has 0 aliphatic carbocycles. The van der Waals surface area contributed by atoms with E-state index in [-0.39, 0.29) is 6.54 Å². The predicted molar refractivity (Wildman–Crippen MR) is 105 cm³/mol. The third-order valence-electron chi connectivity index (χ3n) is 3.67. The average molecular weight is 405 g/mol. The molecule has 0 unspecified atom stereocenters. The van der Waals surface area contributed by atoms with Crippen LogP contribution >= 0.6 is 0 Å². The number of carbonyl (C=O) groups excluding carboxylic acids is 2. The van der Waals surface area contributed by atoms with Gasteiger partial charge in [0.1, 0.15) is 16.8 Å². The van der Waals surface area contributed by atoms with Gasteiger partial charge in [0, 0.05) is 17.8 Å². The number of aliphatic carboxylic acids is 1. The van der Waals surface area contributed by atoms with Gasteiger partial charge in [0.2, 0.25) is 0 Å². The van der Waals surface area contributed by atoms with Crippen LogP contribution in [0.5, 0.6) is 0 Å². The quantitative estimate of drug-likeness (QED) is 0.826. The average Bonchev–Trinajstić information content (AvgIpc) is 2.94. The van der Waals surface area contributed by atoms with Crippen LogP contribution in [0.4, 0.5) is 9.59 Å². The SMILES string of the molecule is CC(C)(C)OC(=O)N(C(=O)OC(C)(C)C)[C@@H](Cn1ccc2cccnc21)C(=O)O. The fraction of sp³-hybridized carbons (Fsp3) is 0.500. The van der Waals surface area contributed by atoms with Gasteiger partial charge >= 0.3 is 18.2 Å². The molecule has 2 amide bonds. The molecular formula is C20H27N3O6. The van der Waals surface area contributed by atoms with Crippen LogP contribution in [0.1, 0.15) is 41.5 Å². The summed E-state index contributed by atoms with van der Waals surface area (Å²) in [5.41, 5.74) is -1.32. The molecule has 0 fully saturated rings. The first-order valence-corrected chi connectivity index (χ1v) is 9.16. The van der Waals surface area contributed by atoms with Crippen molar-refractivity contribution in [3.8, 4) is 0 Å². The van der Waals surface area contributed by atoms with Crippen LogP contribution < -0.4 is 0 Å². The zero-order valence-corrected chi connectivity index (χ0v) is 17.5. The Morgan fingerprint density at radius 1 is 1.07 bits per heavy atom. The number of carbonyl (C=O) groups is 3. The monoisotopic (exact) mass is 405 g/mol. The summed E-state index contributed by atoms with van der Waals surface area (Å²) in [4.78, 5) is 42.3. The van der Waals surface area contributed by atoms with E-state index in [2.05, 4.69) is 4.98 Å². The van der Waals surface area contributed by atoms with E-state index in [0.717, 1.165) is 5.39 Å². The maximum Gasteiger partial charge on any atom is 0.420 e. The van der Waals surface area contributed by atoms with Gasteiger partial charge in [-0.1, -0.05) is 0 Å². The molecular weight excluding hydrogens is 378 g/mol. The summed E-state index contributed by atoms with van der Waals surface area (Å²) in [6.45, 7) is 9.52. The molecule has 0 aliphatic heterocycles. The molecule has 2 rings (SSSR count). The van der Waals surface area contributed by atoms with E-state index in [0.29, 0.717) is 10.5 Å². The van der Waals surface area contributed by atoms with Crippen LogP contribution in [-0.2, 0) is 20.8 Å². The number of carboxylic acids is 1. The number of hydrogen-bond donors (Lipinski definition) is 1. The van der Waals surface area contributed by atoms with E-state index in [1.54, 1.807) is 70.6 Å². The lowest BCUT2D eigenvalue weighted by atomic mass is 10.2. The maximum atomic E-state index is 12.7. The van der Waals surface area contributed by atoms with Gasteiger partial charge in [-0.2, -0.15) is 4.90 Å². The van der Waals surface area contributed by atoms with Crippen molar-refractivity contribution in [2.24, 2.45) is 0 Å². The molecule has 158 valence electrons. The van der Waals surface area contributed by atoms with Gasteiger partial charge in [0.25, 0.3) is 0 Å². The zero-order valence-electron chi connectivity index (χ0n) is 17.5. The highest BCUT2D eigenvalue weighted by molar-refractivity contribution is 5.93. The summed E-state index contributed by atoms with van der Waals surface area (Å²) in [6, 6.07) is 3.80. The molecule has 0 spiro atoms. The minimum Gasteiger partial charge on any atom is -0.480 e. The Morgan fingerprint density at radius 2 is 1.62 bits per heavy atom. The second kappa shape index (κ2) is 8.10.